The number of hydrogen-bond donors (Lipinski definition) is 0. The molecule has 5 heteroatoms. The maximum absolute atomic E-state index is 12.5. The number of nitrogens with zero attached hydrogens (tertiary/aromatic N) is 4. The number of carbonyl (C=O) groups is 1. The van der Waals surface area contributed by atoms with Gasteiger partial charge in [0.05, 0.1) is 0 Å². The Balaban J connectivity index is 1.82. The van der Waals surface area contributed by atoms with Gasteiger partial charge < -0.3 is 9.80 Å². The monoisotopic (exact) mass is 274 g/mol. The van der Waals surface area contributed by atoms with Gasteiger partial charge in [0.2, 0.25) is 0 Å². The molecule has 5 nitrogen and oxygen atoms in total. The minimum atomic E-state index is 0.0654. The average molecular weight is 274 g/mol. The first-order chi connectivity index (χ1) is 9.74. The van der Waals surface area contributed by atoms with E-state index in [2.05, 4.69) is 14.9 Å². The Bertz CT molecular complexity index is 491. The van der Waals surface area contributed by atoms with Crippen molar-refractivity contribution < 1.29 is 4.79 Å². The summed E-state index contributed by atoms with van der Waals surface area (Å²) in [6, 6.07) is 1.87. The van der Waals surface area contributed by atoms with Gasteiger partial charge in [-0.1, -0.05) is 0 Å². The highest BCUT2D eigenvalue weighted by atomic mass is 16.2. The van der Waals surface area contributed by atoms with E-state index in [-0.39, 0.29) is 5.91 Å². The number of likely N-dealkylation sites (tertiary alicyclic amines) is 1. The summed E-state index contributed by atoms with van der Waals surface area (Å²) in [5, 5.41) is 0. The van der Waals surface area contributed by atoms with E-state index in [4.69, 9.17) is 0 Å². The Morgan fingerprint density at radius 1 is 1.00 bits per heavy atom. The van der Waals surface area contributed by atoms with E-state index in [1.807, 2.05) is 17.9 Å². The van der Waals surface area contributed by atoms with E-state index < -0.39 is 0 Å². The van der Waals surface area contributed by atoms with Gasteiger partial charge in [-0.3, -0.25) is 4.79 Å². The highest BCUT2D eigenvalue weighted by Crippen LogP contribution is 2.20. The fourth-order valence-corrected chi connectivity index (χ4v) is 3.03. The highest BCUT2D eigenvalue weighted by Gasteiger charge is 2.22. The second kappa shape index (κ2) is 5.77. The first kappa shape index (κ1) is 13.3. The summed E-state index contributed by atoms with van der Waals surface area (Å²) < 4.78 is 0. The first-order valence-corrected chi connectivity index (χ1v) is 7.64. The number of piperidine rings is 1. The fraction of sp³-hybridized carbons (Fsp3) is 0.667. The van der Waals surface area contributed by atoms with Crippen molar-refractivity contribution in [3.63, 3.8) is 0 Å². The molecule has 2 fully saturated rings. The molecule has 0 spiro atoms. The van der Waals surface area contributed by atoms with Crippen LogP contribution >= 0.6 is 0 Å². The third-order valence-electron chi connectivity index (χ3n) is 4.12. The molecule has 0 N–H and O–H groups in total. The van der Waals surface area contributed by atoms with Gasteiger partial charge in [0.25, 0.3) is 5.91 Å². The van der Waals surface area contributed by atoms with Crippen molar-refractivity contribution in [3.05, 3.63) is 17.6 Å². The summed E-state index contributed by atoms with van der Waals surface area (Å²) in [6.45, 7) is 5.66. The minimum absolute atomic E-state index is 0.0654. The quantitative estimate of drug-likeness (QED) is 0.828. The van der Waals surface area contributed by atoms with Crippen LogP contribution in [0.3, 0.4) is 0 Å². The zero-order chi connectivity index (χ0) is 13.9. The lowest BCUT2D eigenvalue weighted by Gasteiger charge is -2.26. The molecule has 108 valence electrons. The Kier molecular flexibility index (Phi) is 3.85. The van der Waals surface area contributed by atoms with Crippen molar-refractivity contribution in [2.75, 3.05) is 31.1 Å². The standard InChI is InChI=1S/C15H22N4O/c1-12-16-13(15(20)19-9-3-2-4-10-19)11-14(17-12)18-7-5-6-8-18/h11H,2-10H2,1H3. The van der Waals surface area contributed by atoms with E-state index in [1.54, 1.807) is 0 Å². The Labute approximate surface area is 120 Å². The van der Waals surface area contributed by atoms with Crippen LogP contribution in [0.1, 0.15) is 48.4 Å². The number of aryl methyl sites for hydroxylation is 1. The van der Waals surface area contributed by atoms with E-state index in [0.29, 0.717) is 11.5 Å². The summed E-state index contributed by atoms with van der Waals surface area (Å²) in [6.07, 6.45) is 5.85. The van der Waals surface area contributed by atoms with Crippen molar-refractivity contribution >= 4 is 11.7 Å². The molecule has 3 heterocycles. The topological polar surface area (TPSA) is 49.3 Å². The summed E-state index contributed by atoms with van der Waals surface area (Å²) in [5.74, 6) is 1.67. The zero-order valence-electron chi connectivity index (χ0n) is 12.1. The van der Waals surface area contributed by atoms with E-state index in [0.717, 1.165) is 44.8 Å². The molecule has 3 rings (SSSR count). The number of carbonyl (C=O) groups excluding carboxylic acids is 1. The number of hydrogen-bond acceptors (Lipinski definition) is 4. The molecule has 0 aliphatic carbocycles. The maximum Gasteiger partial charge on any atom is 0.272 e. The van der Waals surface area contributed by atoms with Crippen LogP contribution in [-0.2, 0) is 0 Å². The van der Waals surface area contributed by atoms with Gasteiger partial charge in [0.15, 0.2) is 0 Å². The second-order valence-electron chi connectivity index (χ2n) is 5.71. The van der Waals surface area contributed by atoms with Crippen LogP contribution in [0.15, 0.2) is 6.07 Å². The van der Waals surface area contributed by atoms with Gasteiger partial charge in [-0.15, -0.1) is 0 Å². The molecule has 0 saturated carbocycles. The highest BCUT2D eigenvalue weighted by molar-refractivity contribution is 5.93. The predicted molar refractivity (Wildman–Crippen MR) is 78.0 cm³/mol. The Morgan fingerprint density at radius 3 is 2.35 bits per heavy atom. The van der Waals surface area contributed by atoms with Gasteiger partial charge in [-0.25, -0.2) is 9.97 Å². The smallest absolute Gasteiger partial charge is 0.272 e. The summed E-state index contributed by atoms with van der Waals surface area (Å²) in [4.78, 5) is 25.6. The van der Waals surface area contributed by atoms with Crippen LogP contribution < -0.4 is 4.90 Å². The van der Waals surface area contributed by atoms with E-state index in [1.165, 1.54) is 19.3 Å². The third kappa shape index (κ3) is 2.76. The van der Waals surface area contributed by atoms with Crippen molar-refractivity contribution in [2.45, 2.75) is 39.0 Å². The number of rotatable bonds is 2. The molecular weight excluding hydrogens is 252 g/mol. The molecule has 2 aliphatic heterocycles. The Morgan fingerprint density at radius 2 is 1.65 bits per heavy atom. The van der Waals surface area contributed by atoms with Crippen LogP contribution in [0.25, 0.3) is 0 Å². The van der Waals surface area contributed by atoms with Crippen LogP contribution in [-0.4, -0.2) is 47.0 Å². The SMILES string of the molecule is Cc1nc(C(=O)N2CCCCC2)cc(N2CCCC2)n1. The van der Waals surface area contributed by atoms with E-state index >= 15 is 0 Å². The molecule has 0 radical (unpaired) electrons. The van der Waals surface area contributed by atoms with Crippen molar-refractivity contribution in [2.24, 2.45) is 0 Å². The van der Waals surface area contributed by atoms with Crippen molar-refractivity contribution in [3.8, 4) is 0 Å². The minimum Gasteiger partial charge on any atom is -0.356 e. The lowest BCUT2D eigenvalue weighted by atomic mass is 10.1. The Hall–Kier alpha value is -1.65. The summed E-state index contributed by atoms with van der Waals surface area (Å²) in [7, 11) is 0. The van der Waals surface area contributed by atoms with Gasteiger partial charge >= 0.3 is 0 Å². The molecule has 0 aromatic carbocycles. The molecule has 20 heavy (non-hydrogen) atoms. The van der Waals surface area contributed by atoms with Crippen LogP contribution in [0.5, 0.6) is 0 Å². The molecular formula is C15H22N4O. The third-order valence-corrected chi connectivity index (χ3v) is 4.12. The van der Waals surface area contributed by atoms with Crippen molar-refractivity contribution in [1.82, 2.24) is 14.9 Å². The lowest BCUT2D eigenvalue weighted by Crippen LogP contribution is -2.36. The first-order valence-electron chi connectivity index (χ1n) is 7.64. The number of amides is 1. The number of aromatic nitrogens is 2. The fourth-order valence-electron chi connectivity index (χ4n) is 3.03. The normalized spacial score (nSPS) is 19.4. The molecule has 2 aliphatic rings. The largest absolute Gasteiger partial charge is 0.356 e. The maximum atomic E-state index is 12.5. The van der Waals surface area contributed by atoms with Crippen LogP contribution in [0, 0.1) is 6.92 Å². The van der Waals surface area contributed by atoms with E-state index in [9.17, 15) is 4.79 Å². The molecule has 0 unspecified atom stereocenters. The molecule has 2 saturated heterocycles. The molecule has 1 aromatic rings. The molecule has 0 bridgehead atoms. The zero-order valence-corrected chi connectivity index (χ0v) is 12.1. The van der Waals surface area contributed by atoms with Gasteiger partial charge in [0, 0.05) is 32.2 Å². The lowest BCUT2D eigenvalue weighted by molar-refractivity contribution is 0.0718. The van der Waals surface area contributed by atoms with Crippen LogP contribution in [0.2, 0.25) is 0 Å². The van der Waals surface area contributed by atoms with Crippen LogP contribution in [0.4, 0.5) is 5.82 Å². The summed E-state index contributed by atoms with van der Waals surface area (Å²) in [5.41, 5.74) is 0.557. The molecule has 0 atom stereocenters. The molecule has 1 amide bonds. The average Bonchev–Trinajstić information content (AvgIpc) is 3.01. The molecule has 1 aromatic heterocycles. The number of anilines is 1. The predicted octanol–water partition coefficient (Wildman–Crippen LogP) is 2.01. The van der Waals surface area contributed by atoms with Gasteiger partial charge in [0.1, 0.15) is 17.3 Å². The van der Waals surface area contributed by atoms with Gasteiger partial charge in [-0.05, 0) is 39.0 Å². The second-order valence-corrected chi connectivity index (χ2v) is 5.71. The van der Waals surface area contributed by atoms with Gasteiger partial charge in [-0.2, -0.15) is 0 Å². The van der Waals surface area contributed by atoms with Crippen molar-refractivity contribution in [1.29, 1.82) is 0 Å². The summed E-state index contributed by atoms with van der Waals surface area (Å²) >= 11 is 0.